The van der Waals surface area contributed by atoms with E-state index >= 15 is 0 Å². The van der Waals surface area contributed by atoms with Crippen LogP contribution in [0.3, 0.4) is 0 Å². The summed E-state index contributed by atoms with van der Waals surface area (Å²) in [5.41, 5.74) is 0. The number of allylic oxidation sites excluding steroid dienone is 12. The van der Waals surface area contributed by atoms with Gasteiger partial charge in [-0.2, -0.15) is 8.42 Å². The first-order valence-corrected chi connectivity index (χ1v) is 25.1. The minimum absolute atomic E-state index is 0.0826. The van der Waals surface area contributed by atoms with Crippen LogP contribution in [0, 0.1) is 0 Å². The van der Waals surface area contributed by atoms with Crippen molar-refractivity contribution in [2.75, 3.05) is 19.0 Å². The quantitative estimate of drug-likeness (QED) is 0.0199. The van der Waals surface area contributed by atoms with Gasteiger partial charge in [0.25, 0.3) is 10.1 Å². The maximum atomic E-state index is 12.8. The smallest absolute Gasteiger partial charge is 0.306 e. The summed E-state index contributed by atoms with van der Waals surface area (Å²) >= 11 is 0. The largest absolute Gasteiger partial charge is 0.462 e. The van der Waals surface area contributed by atoms with Crippen molar-refractivity contribution in [2.24, 2.45) is 0 Å². The molecule has 1 rings (SSSR count). The van der Waals surface area contributed by atoms with E-state index in [0.29, 0.717) is 19.3 Å². The maximum absolute atomic E-state index is 12.8. The number of carbonyl (C=O) groups excluding carboxylic acids is 2. The van der Waals surface area contributed by atoms with E-state index in [4.69, 9.17) is 18.9 Å². The van der Waals surface area contributed by atoms with E-state index in [1.165, 1.54) is 70.6 Å². The topological polar surface area (TPSA) is 186 Å². The van der Waals surface area contributed by atoms with Crippen molar-refractivity contribution < 1.29 is 56.8 Å². The standard InChI is InChI=1S/C49H82O12S/c1-3-5-7-9-11-13-15-17-19-21-23-25-27-29-31-33-35-37-44(50)58-39-42(40-59-49-48(54)47(53)46(52)43(61-49)41-62(55,56)57)60-45(51)38-36-34-32-30-28-26-24-22-20-18-16-14-12-10-8-6-4-2/h6,8,12-15,18,20,24,26,30,32,42-43,46-49,52-54H,3-5,7,9-11,16-17,19,21-23,25,27-29,31,33-41H2,1-2H3,(H,55,56,57)/b8-6+,14-12+,15-13+,20-18+,26-24+,32-30+/t42-,43-,46-,47?,48?,49+/m1/s1. The number of carbonyl (C=O) groups is 2. The fourth-order valence-corrected chi connectivity index (χ4v) is 7.34. The van der Waals surface area contributed by atoms with E-state index < -0.39 is 71.2 Å². The summed E-state index contributed by atoms with van der Waals surface area (Å²) in [6.45, 7) is 3.58. The highest BCUT2D eigenvalue weighted by Crippen LogP contribution is 2.24. The number of hydrogen-bond donors (Lipinski definition) is 4. The Bertz CT molecular complexity index is 1420. The molecule has 1 fully saturated rings. The van der Waals surface area contributed by atoms with Crippen molar-refractivity contribution in [3.05, 3.63) is 72.9 Å². The third-order valence-electron chi connectivity index (χ3n) is 10.3. The summed E-state index contributed by atoms with van der Waals surface area (Å²) in [4.78, 5) is 25.4. The van der Waals surface area contributed by atoms with Gasteiger partial charge >= 0.3 is 11.9 Å². The van der Waals surface area contributed by atoms with Crippen LogP contribution in [0.1, 0.15) is 168 Å². The molecule has 62 heavy (non-hydrogen) atoms. The lowest BCUT2D eigenvalue weighted by Crippen LogP contribution is -2.60. The zero-order chi connectivity index (χ0) is 45.5. The molecule has 0 aromatic carbocycles. The Morgan fingerprint density at radius 3 is 1.58 bits per heavy atom. The lowest BCUT2D eigenvalue weighted by molar-refractivity contribution is -0.297. The predicted octanol–water partition coefficient (Wildman–Crippen LogP) is 9.89. The van der Waals surface area contributed by atoms with Crippen molar-refractivity contribution in [1.82, 2.24) is 0 Å². The molecule has 6 atom stereocenters. The second kappa shape index (κ2) is 38.5. The van der Waals surface area contributed by atoms with Crippen LogP contribution in [-0.4, -0.2) is 96.0 Å². The lowest BCUT2D eigenvalue weighted by Gasteiger charge is -2.40. The van der Waals surface area contributed by atoms with Gasteiger partial charge in [-0.3, -0.25) is 14.1 Å². The molecule has 0 aromatic heterocycles. The lowest BCUT2D eigenvalue weighted by atomic mass is 10.00. The molecule has 13 heteroatoms. The van der Waals surface area contributed by atoms with Crippen LogP contribution < -0.4 is 0 Å². The van der Waals surface area contributed by atoms with Crippen LogP contribution in [0.5, 0.6) is 0 Å². The summed E-state index contributed by atoms with van der Waals surface area (Å²) in [6.07, 6.45) is 39.5. The summed E-state index contributed by atoms with van der Waals surface area (Å²) in [7, 11) is -4.61. The molecule has 1 aliphatic rings. The molecule has 0 saturated carbocycles. The Labute approximate surface area is 374 Å². The highest BCUT2D eigenvalue weighted by atomic mass is 32.2. The van der Waals surface area contributed by atoms with Crippen LogP contribution in [0.25, 0.3) is 0 Å². The minimum Gasteiger partial charge on any atom is -0.462 e. The van der Waals surface area contributed by atoms with E-state index in [9.17, 15) is 37.9 Å². The first kappa shape index (κ1) is 57.1. The molecule has 0 radical (unpaired) electrons. The molecule has 0 amide bonds. The average Bonchev–Trinajstić information content (AvgIpc) is 3.24. The van der Waals surface area contributed by atoms with E-state index in [-0.39, 0.29) is 19.4 Å². The molecular weight excluding hydrogens is 813 g/mol. The normalized spacial score (nSPS) is 20.5. The third-order valence-corrected chi connectivity index (χ3v) is 11.0. The number of unbranched alkanes of at least 4 members (excludes halogenated alkanes) is 14. The SMILES string of the molecule is CC/C=C/C/C=C/C/C=C/C/C=C/C/C=C/CCCC(=O)O[C@H](COC(=O)CCCCCCCCCCC/C=C/CCCCCC)CO[C@H]1O[C@H](CS(=O)(=O)O)[C@@H](O)C(O)C1O. The van der Waals surface area contributed by atoms with Crippen molar-refractivity contribution >= 4 is 22.1 Å². The Hall–Kier alpha value is -2.91. The van der Waals surface area contributed by atoms with Gasteiger partial charge in [0.05, 0.1) is 6.61 Å². The van der Waals surface area contributed by atoms with Gasteiger partial charge in [-0.1, -0.05) is 151 Å². The monoisotopic (exact) mass is 895 g/mol. The number of ether oxygens (including phenoxy) is 4. The molecule has 1 saturated heterocycles. The fraction of sp³-hybridized carbons (Fsp3) is 0.714. The summed E-state index contributed by atoms with van der Waals surface area (Å²) in [6, 6.07) is 0. The van der Waals surface area contributed by atoms with E-state index in [1.54, 1.807) is 0 Å². The first-order chi connectivity index (χ1) is 30.0. The van der Waals surface area contributed by atoms with E-state index in [2.05, 4.69) is 74.6 Å². The minimum atomic E-state index is -4.61. The van der Waals surface area contributed by atoms with Crippen molar-refractivity contribution in [3.63, 3.8) is 0 Å². The van der Waals surface area contributed by atoms with Crippen LogP contribution >= 0.6 is 0 Å². The van der Waals surface area contributed by atoms with Gasteiger partial charge in [-0.25, -0.2) is 0 Å². The average molecular weight is 895 g/mol. The Kier molecular flexibility index (Phi) is 35.5. The van der Waals surface area contributed by atoms with Crippen LogP contribution in [0.15, 0.2) is 72.9 Å². The fourth-order valence-electron chi connectivity index (χ4n) is 6.65. The van der Waals surface area contributed by atoms with Gasteiger partial charge in [-0.15, -0.1) is 0 Å². The van der Waals surface area contributed by atoms with Crippen LogP contribution in [-0.2, 0) is 38.7 Å². The van der Waals surface area contributed by atoms with Gasteiger partial charge < -0.3 is 34.3 Å². The van der Waals surface area contributed by atoms with Gasteiger partial charge in [-0.05, 0) is 77.0 Å². The molecular formula is C49H82O12S. The number of hydrogen-bond acceptors (Lipinski definition) is 11. The van der Waals surface area contributed by atoms with Crippen LogP contribution in [0.2, 0.25) is 0 Å². The highest BCUT2D eigenvalue weighted by molar-refractivity contribution is 7.85. The van der Waals surface area contributed by atoms with Gasteiger partial charge in [0.1, 0.15) is 36.8 Å². The van der Waals surface area contributed by atoms with E-state index in [1.807, 2.05) is 12.2 Å². The first-order valence-electron chi connectivity index (χ1n) is 23.5. The molecule has 1 aliphatic heterocycles. The Balaban J connectivity index is 2.47. The molecule has 4 N–H and O–H groups in total. The zero-order valence-electron chi connectivity index (χ0n) is 37.9. The Morgan fingerprint density at radius 2 is 1.03 bits per heavy atom. The van der Waals surface area contributed by atoms with Crippen LogP contribution in [0.4, 0.5) is 0 Å². The second-order valence-corrected chi connectivity index (χ2v) is 17.5. The molecule has 1 heterocycles. The van der Waals surface area contributed by atoms with Crippen molar-refractivity contribution in [1.29, 1.82) is 0 Å². The summed E-state index contributed by atoms with van der Waals surface area (Å²) < 4.78 is 54.0. The molecule has 0 bridgehead atoms. The second-order valence-electron chi connectivity index (χ2n) is 16.0. The van der Waals surface area contributed by atoms with Gasteiger partial charge in [0.15, 0.2) is 12.4 Å². The Morgan fingerprint density at radius 1 is 0.565 bits per heavy atom. The molecule has 0 aliphatic carbocycles. The summed E-state index contributed by atoms with van der Waals surface area (Å²) in [5, 5.41) is 30.9. The van der Waals surface area contributed by atoms with Crippen molar-refractivity contribution in [3.8, 4) is 0 Å². The predicted molar refractivity (Wildman–Crippen MR) is 247 cm³/mol. The summed E-state index contributed by atoms with van der Waals surface area (Å²) in [5.74, 6) is -2.07. The third kappa shape index (κ3) is 32.7. The molecule has 0 aromatic rings. The molecule has 0 spiro atoms. The highest BCUT2D eigenvalue weighted by Gasteiger charge is 2.46. The van der Waals surface area contributed by atoms with Gasteiger partial charge in [0, 0.05) is 12.8 Å². The number of aliphatic hydroxyl groups is 3. The van der Waals surface area contributed by atoms with Crippen molar-refractivity contribution in [2.45, 2.75) is 205 Å². The molecule has 2 unspecified atom stereocenters. The number of aliphatic hydroxyl groups excluding tert-OH is 3. The molecule has 356 valence electrons. The zero-order valence-corrected chi connectivity index (χ0v) is 38.8. The maximum Gasteiger partial charge on any atom is 0.306 e. The number of esters is 2. The van der Waals surface area contributed by atoms with E-state index in [0.717, 1.165) is 51.4 Å². The molecule has 12 nitrogen and oxygen atoms in total. The van der Waals surface area contributed by atoms with Gasteiger partial charge in [0.2, 0.25) is 0 Å². The number of rotatable bonds is 38.